The average Bonchev–Trinajstić information content (AvgIpc) is 2.76. The van der Waals surface area contributed by atoms with Crippen molar-refractivity contribution in [3.63, 3.8) is 0 Å². The highest BCUT2D eigenvalue weighted by atomic mass is 32.2. The van der Waals surface area contributed by atoms with Crippen LogP contribution in [0.5, 0.6) is 0 Å². The van der Waals surface area contributed by atoms with Crippen LogP contribution in [-0.4, -0.2) is 39.0 Å². The smallest absolute Gasteiger partial charge is 0.107 e. The van der Waals surface area contributed by atoms with Gasteiger partial charge in [0.25, 0.3) is 0 Å². The molecule has 100 valence electrons. The van der Waals surface area contributed by atoms with Gasteiger partial charge in [-0.1, -0.05) is 12.2 Å². The molecule has 0 spiro atoms. The summed E-state index contributed by atoms with van der Waals surface area (Å²) >= 11 is 8.78. The second-order valence-corrected chi connectivity index (χ2v) is 7.29. The summed E-state index contributed by atoms with van der Waals surface area (Å²) in [4.78, 5) is 7.63. The SMILES string of the molecule is CSC1(C(N)=S)CCN(Cc2nc(C)cs2)CC1. The number of rotatable bonds is 4. The maximum absolute atomic E-state index is 5.90. The third kappa shape index (κ3) is 3.04. The van der Waals surface area contributed by atoms with Crippen LogP contribution in [0.15, 0.2) is 5.38 Å². The van der Waals surface area contributed by atoms with Gasteiger partial charge < -0.3 is 5.73 Å². The predicted octanol–water partition coefficient (Wildman–Crippen LogP) is 2.44. The van der Waals surface area contributed by atoms with Crippen LogP contribution in [0.4, 0.5) is 0 Å². The second kappa shape index (κ2) is 5.86. The maximum atomic E-state index is 5.90. The molecule has 2 heterocycles. The fraction of sp³-hybridized carbons (Fsp3) is 0.667. The molecule has 0 radical (unpaired) electrons. The molecule has 1 saturated heterocycles. The van der Waals surface area contributed by atoms with Gasteiger partial charge in [0.2, 0.25) is 0 Å². The Kier molecular flexibility index (Phi) is 4.64. The van der Waals surface area contributed by atoms with Crippen molar-refractivity contribution in [1.82, 2.24) is 9.88 Å². The van der Waals surface area contributed by atoms with E-state index in [9.17, 15) is 0 Å². The summed E-state index contributed by atoms with van der Waals surface area (Å²) in [5, 5.41) is 3.32. The van der Waals surface area contributed by atoms with Crippen LogP contribution >= 0.6 is 35.3 Å². The molecule has 0 unspecified atom stereocenters. The van der Waals surface area contributed by atoms with Gasteiger partial charge in [0, 0.05) is 24.2 Å². The number of thiazole rings is 1. The van der Waals surface area contributed by atoms with Crippen molar-refractivity contribution in [2.45, 2.75) is 31.1 Å². The zero-order valence-corrected chi connectivity index (χ0v) is 13.3. The quantitative estimate of drug-likeness (QED) is 0.865. The van der Waals surface area contributed by atoms with Gasteiger partial charge in [-0.05, 0) is 26.0 Å². The van der Waals surface area contributed by atoms with Gasteiger partial charge in [0.15, 0.2) is 0 Å². The van der Waals surface area contributed by atoms with E-state index in [1.165, 1.54) is 5.01 Å². The zero-order chi connectivity index (χ0) is 13.2. The predicted molar refractivity (Wildman–Crippen MR) is 84.4 cm³/mol. The van der Waals surface area contributed by atoms with E-state index in [0.717, 1.165) is 38.2 Å². The normalized spacial score (nSPS) is 19.9. The highest BCUT2D eigenvalue weighted by Gasteiger charge is 2.36. The van der Waals surface area contributed by atoms with Crippen LogP contribution in [0, 0.1) is 6.92 Å². The summed E-state index contributed by atoms with van der Waals surface area (Å²) in [6, 6.07) is 0. The highest BCUT2D eigenvalue weighted by Crippen LogP contribution is 2.35. The lowest BCUT2D eigenvalue weighted by atomic mass is 9.95. The molecule has 1 aliphatic rings. The van der Waals surface area contributed by atoms with Gasteiger partial charge in [-0.15, -0.1) is 11.3 Å². The Labute approximate surface area is 122 Å². The minimum atomic E-state index is 0.0185. The lowest BCUT2D eigenvalue weighted by Gasteiger charge is -2.39. The molecule has 2 N–H and O–H groups in total. The summed E-state index contributed by atoms with van der Waals surface area (Å²) in [7, 11) is 0. The first kappa shape index (κ1) is 14.2. The van der Waals surface area contributed by atoms with Gasteiger partial charge in [-0.2, -0.15) is 11.8 Å². The van der Waals surface area contributed by atoms with Crippen molar-refractivity contribution in [1.29, 1.82) is 0 Å². The van der Waals surface area contributed by atoms with Crippen molar-refractivity contribution in [3.8, 4) is 0 Å². The number of hydrogen-bond acceptors (Lipinski definition) is 5. The van der Waals surface area contributed by atoms with Crippen LogP contribution in [0.2, 0.25) is 0 Å². The molecule has 18 heavy (non-hydrogen) atoms. The molecule has 0 amide bonds. The van der Waals surface area contributed by atoms with E-state index in [2.05, 4.69) is 21.5 Å². The molecule has 1 aromatic heterocycles. The van der Waals surface area contributed by atoms with Gasteiger partial charge in [0.05, 0.1) is 16.3 Å². The van der Waals surface area contributed by atoms with Gasteiger partial charge >= 0.3 is 0 Å². The van der Waals surface area contributed by atoms with Crippen molar-refractivity contribution in [3.05, 3.63) is 16.1 Å². The molecular weight excluding hydrogens is 282 g/mol. The summed E-state index contributed by atoms with van der Waals surface area (Å²) in [6.07, 6.45) is 4.21. The van der Waals surface area contributed by atoms with E-state index in [0.29, 0.717) is 4.99 Å². The molecule has 0 saturated carbocycles. The number of piperidine rings is 1. The standard InChI is InChI=1S/C12H19N3S3/c1-9-8-18-10(14-9)7-15-5-3-12(17-2,4-6-15)11(13)16/h8H,3-7H2,1-2H3,(H2,13,16). The molecule has 0 aromatic carbocycles. The first-order valence-electron chi connectivity index (χ1n) is 6.04. The van der Waals surface area contributed by atoms with E-state index in [4.69, 9.17) is 18.0 Å². The summed E-state index contributed by atoms with van der Waals surface area (Å²) < 4.78 is 0.0185. The van der Waals surface area contributed by atoms with Crippen LogP contribution in [0.25, 0.3) is 0 Å². The van der Waals surface area contributed by atoms with Crippen molar-refractivity contribution >= 4 is 40.3 Å². The summed E-state index contributed by atoms with van der Waals surface area (Å²) in [5.74, 6) is 0. The van der Waals surface area contributed by atoms with Gasteiger partial charge in [-0.25, -0.2) is 4.98 Å². The van der Waals surface area contributed by atoms with E-state index in [1.54, 1.807) is 11.3 Å². The van der Waals surface area contributed by atoms with Crippen molar-refractivity contribution in [2.24, 2.45) is 5.73 Å². The monoisotopic (exact) mass is 301 g/mol. The Morgan fingerprint density at radius 1 is 1.61 bits per heavy atom. The molecule has 3 nitrogen and oxygen atoms in total. The third-order valence-electron chi connectivity index (χ3n) is 3.53. The molecule has 0 bridgehead atoms. The number of likely N-dealkylation sites (tertiary alicyclic amines) is 1. The fourth-order valence-corrected chi connectivity index (χ4v) is 4.35. The Hall–Kier alpha value is -0.170. The molecule has 1 aromatic rings. The number of aromatic nitrogens is 1. The topological polar surface area (TPSA) is 42.1 Å². The number of aryl methyl sites for hydroxylation is 1. The Bertz CT molecular complexity index is 422. The Balaban J connectivity index is 1.92. The molecule has 6 heteroatoms. The number of nitrogens with zero attached hydrogens (tertiary/aromatic N) is 2. The first-order chi connectivity index (χ1) is 8.55. The van der Waals surface area contributed by atoms with E-state index in [1.807, 2.05) is 18.7 Å². The van der Waals surface area contributed by atoms with E-state index in [-0.39, 0.29) is 4.75 Å². The number of nitrogens with two attached hydrogens (primary N) is 1. The molecule has 0 aliphatic carbocycles. The highest BCUT2D eigenvalue weighted by molar-refractivity contribution is 8.02. The van der Waals surface area contributed by atoms with Crippen molar-refractivity contribution < 1.29 is 0 Å². The van der Waals surface area contributed by atoms with Crippen LogP contribution in [0.3, 0.4) is 0 Å². The Morgan fingerprint density at radius 3 is 2.72 bits per heavy atom. The molecule has 1 fully saturated rings. The number of thioether (sulfide) groups is 1. The minimum Gasteiger partial charge on any atom is -0.392 e. The molecule has 1 aliphatic heterocycles. The average molecular weight is 302 g/mol. The second-order valence-electron chi connectivity index (χ2n) is 4.72. The van der Waals surface area contributed by atoms with E-state index >= 15 is 0 Å². The molecule has 0 atom stereocenters. The molecular formula is C12H19N3S3. The van der Waals surface area contributed by atoms with Crippen LogP contribution in [-0.2, 0) is 6.54 Å². The largest absolute Gasteiger partial charge is 0.392 e. The fourth-order valence-electron chi connectivity index (χ4n) is 2.29. The number of thiocarbonyl (C=S) groups is 1. The number of hydrogen-bond donors (Lipinski definition) is 1. The lowest BCUT2D eigenvalue weighted by Crippen LogP contribution is -2.48. The van der Waals surface area contributed by atoms with Crippen LogP contribution in [0.1, 0.15) is 23.5 Å². The van der Waals surface area contributed by atoms with Crippen molar-refractivity contribution in [2.75, 3.05) is 19.3 Å². The van der Waals surface area contributed by atoms with E-state index < -0.39 is 0 Å². The minimum absolute atomic E-state index is 0.0185. The maximum Gasteiger partial charge on any atom is 0.107 e. The molecule has 2 rings (SSSR count). The Morgan fingerprint density at radius 2 is 2.28 bits per heavy atom. The van der Waals surface area contributed by atoms with Crippen LogP contribution < -0.4 is 5.73 Å². The van der Waals surface area contributed by atoms with Gasteiger partial charge in [0.1, 0.15) is 5.01 Å². The third-order valence-corrected chi connectivity index (χ3v) is 6.41. The first-order valence-corrected chi connectivity index (χ1v) is 8.55. The summed E-state index contributed by atoms with van der Waals surface area (Å²) in [6.45, 7) is 5.11. The summed E-state index contributed by atoms with van der Waals surface area (Å²) in [5.41, 5.74) is 7.01. The zero-order valence-electron chi connectivity index (χ0n) is 10.8. The lowest BCUT2D eigenvalue weighted by molar-refractivity contribution is 0.212. The van der Waals surface area contributed by atoms with Gasteiger partial charge in [-0.3, -0.25) is 4.90 Å².